The number of aromatic nitrogens is 4. The minimum atomic E-state index is -0.100. The van der Waals surface area contributed by atoms with Gasteiger partial charge in [-0.1, -0.05) is 54.6 Å². The van der Waals surface area contributed by atoms with Crippen LogP contribution in [0.15, 0.2) is 97.5 Å². The molecule has 0 aliphatic rings. The van der Waals surface area contributed by atoms with Gasteiger partial charge in [-0.2, -0.15) is 4.98 Å². The molecule has 0 radical (unpaired) electrons. The lowest BCUT2D eigenvalue weighted by Gasteiger charge is -2.19. The first-order valence-electron chi connectivity index (χ1n) is 11.5. The summed E-state index contributed by atoms with van der Waals surface area (Å²) in [5.41, 5.74) is 4.61. The van der Waals surface area contributed by atoms with Gasteiger partial charge < -0.3 is 10.2 Å². The van der Waals surface area contributed by atoms with Gasteiger partial charge in [-0.15, -0.1) is 0 Å². The maximum Gasteiger partial charge on any atom is 0.253 e. The molecule has 0 spiro atoms. The number of hydrogen-bond acceptors (Lipinski definition) is 5. The van der Waals surface area contributed by atoms with Gasteiger partial charge in [0.1, 0.15) is 12.1 Å². The molecule has 0 aliphatic heterocycles. The van der Waals surface area contributed by atoms with E-state index in [1.165, 1.54) is 0 Å². The van der Waals surface area contributed by atoms with Gasteiger partial charge in [-0.3, -0.25) is 9.36 Å². The highest BCUT2D eigenvalue weighted by molar-refractivity contribution is 5.94. The summed E-state index contributed by atoms with van der Waals surface area (Å²) < 4.78 is 1.94. The van der Waals surface area contributed by atoms with Gasteiger partial charge in [0, 0.05) is 25.4 Å². The Balaban J connectivity index is 1.32. The van der Waals surface area contributed by atoms with Crippen molar-refractivity contribution in [2.75, 3.05) is 12.4 Å². The van der Waals surface area contributed by atoms with Gasteiger partial charge in [-0.25, -0.2) is 9.97 Å². The predicted molar refractivity (Wildman–Crippen MR) is 137 cm³/mol. The Labute approximate surface area is 204 Å². The number of fused-ring (bicyclic) bond motifs is 1. The topological polar surface area (TPSA) is 75.9 Å². The standard InChI is InChI=1S/C28H26N6O/c1-20(22-11-8-12-23(17-22)27(35)33(2)18-21-9-4-3-5-10-21)31-28-29-16-15-26(32-28)34-19-30-24-13-6-7-14-25(24)34/h3-17,19-20H,18H2,1-2H3,(H,29,31,32). The van der Waals surface area contributed by atoms with Crippen molar-refractivity contribution in [1.29, 1.82) is 0 Å². The van der Waals surface area contributed by atoms with Crippen molar-refractivity contribution in [2.24, 2.45) is 0 Å². The molecule has 0 saturated heterocycles. The SMILES string of the molecule is CC(Nc1nccc(-n2cnc3ccccc32)n1)c1cccc(C(=O)N(C)Cc2ccccc2)c1. The number of nitrogens with one attached hydrogen (secondary N) is 1. The third-order valence-corrected chi connectivity index (χ3v) is 5.93. The average Bonchev–Trinajstić information content (AvgIpc) is 3.33. The summed E-state index contributed by atoms with van der Waals surface area (Å²) >= 11 is 0. The molecular weight excluding hydrogens is 436 g/mol. The van der Waals surface area contributed by atoms with Crippen molar-refractivity contribution in [3.8, 4) is 5.82 Å². The van der Waals surface area contributed by atoms with E-state index >= 15 is 0 Å². The second kappa shape index (κ2) is 9.77. The molecule has 7 nitrogen and oxygen atoms in total. The molecule has 2 heterocycles. The lowest BCUT2D eigenvalue weighted by atomic mass is 10.0. The molecule has 3 aromatic carbocycles. The number of carbonyl (C=O) groups is 1. The minimum absolute atomic E-state index is 0.0202. The van der Waals surface area contributed by atoms with Crippen LogP contribution in [-0.4, -0.2) is 37.4 Å². The molecular formula is C28H26N6O. The number of imidazole rings is 1. The summed E-state index contributed by atoms with van der Waals surface area (Å²) in [6.07, 6.45) is 3.49. The highest BCUT2D eigenvalue weighted by atomic mass is 16.2. The number of anilines is 1. The van der Waals surface area contributed by atoms with Gasteiger partial charge in [0.15, 0.2) is 0 Å². The first kappa shape index (κ1) is 22.3. The molecule has 1 unspecified atom stereocenters. The summed E-state index contributed by atoms with van der Waals surface area (Å²) in [5, 5.41) is 3.36. The summed E-state index contributed by atoms with van der Waals surface area (Å²) in [6, 6.07) is 27.3. The van der Waals surface area contributed by atoms with E-state index in [-0.39, 0.29) is 11.9 Å². The predicted octanol–water partition coefficient (Wildman–Crippen LogP) is 5.26. The molecule has 0 fully saturated rings. The van der Waals surface area contributed by atoms with Gasteiger partial charge in [0.05, 0.1) is 17.1 Å². The Morgan fingerprint density at radius 1 is 0.971 bits per heavy atom. The van der Waals surface area contributed by atoms with E-state index in [4.69, 9.17) is 0 Å². The van der Waals surface area contributed by atoms with E-state index < -0.39 is 0 Å². The highest BCUT2D eigenvalue weighted by Crippen LogP contribution is 2.21. The molecule has 0 bridgehead atoms. The average molecular weight is 463 g/mol. The smallest absolute Gasteiger partial charge is 0.253 e. The Morgan fingerprint density at radius 2 is 1.77 bits per heavy atom. The van der Waals surface area contributed by atoms with Crippen molar-refractivity contribution in [3.63, 3.8) is 0 Å². The van der Waals surface area contributed by atoms with Crippen LogP contribution in [-0.2, 0) is 6.54 Å². The van der Waals surface area contributed by atoms with Crippen LogP contribution in [0.3, 0.4) is 0 Å². The zero-order valence-corrected chi connectivity index (χ0v) is 19.7. The van der Waals surface area contributed by atoms with E-state index in [2.05, 4.69) is 20.3 Å². The zero-order chi connectivity index (χ0) is 24.2. The fourth-order valence-electron chi connectivity index (χ4n) is 4.06. The summed E-state index contributed by atoms with van der Waals surface area (Å²) in [6.45, 7) is 2.58. The second-order valence-corrected chi connectivity index (χ2v) is 8.48. The van der Waals surface area contributed by atoms with Gasteiger partial charge in [-0.05, 0) is 48.4 Å². The van der Waals surface area contributed by atoms with Crippen LogP contribution in [0.1, 0.15) is 34.5 Å². The lowest BCUT2D eigenvalue weighted by Crippen LogP contribution is -2.26. The number of amides is 1. The molecule has 1 amide bonds. The lowest BCUT2D eigenvalue weighted by molar-refractivity contribution is 0.0785. The summed E-state index contributed by atoms with van der Waals surface area (Å²) in [4.78, 5) is 28.3. The van der Waals surface area contributed by atoms with Crippen LogP contribution < -0.4 is 5.32 Å². The van der Waals surface area contributed by atoms with E-state index in [1.54, 1.807) is 17.4 Å². The van der Waals surface area contributed by atoms with Crippen LogP contribution in [0.4, 0.5) is 5.95 Å². The fraction of sp³-hybridized carbons (Fsp3) is 0.143. The maximum absolute atomic E-state index is 13.0. The molecule has 0 aliphatic carbocycles. The number of nitrogens with zero attached hydrogens (tertiary/aromatic N) is 5. The van der Waals surface area contributed by atoms with Crippen LogP contribution in [0.25, 0.3) is 16.9 Å². The number of hydrogen-bond donors (Lipinski definition) is 1. The van der Waals surface area contributed by atoms with E-state index in [0.29, 0.717) is 18.1 Å². The zero-order valence-electron chi connectivity index (χ0n) is 19.7. The van der Waals surface area contributed by atoms with Crippen molar-refractivity contribution in [3.05, 3.63) is 114 Å². The second-order valence-electron chi connectivity index (χ2n) is 8.48. The van der Waals surface area contributed by atoms with Crippen molar-refractivity contribution in [1.82, 2.24) is 24.4 Å². The molecule has 1 atom stereocenters. The molecule has 5 aromatic rings. The number of para-hydroxylation sites is 2. The van der Waals surface area contributed by atoms with E-state index in [0.717, 1.165) is 28.0 Å². The van der Waals surface area contributed by atoms with Crippen LogP contribution in [0, 0.1) is 0 Å². The fourth-order valence-corrected chi connectivity index (χ4v) is 4.06. The Kier molecular flexibility index (Phi) is 6.22. The number of carbonyl (C=O) groups excluding carboxylic acids is 1. The first-order valence-corrected chi connectivity index (χ1v) is 11.5. The van der Waals surface area contributed by atoms with Crippen molar-refractivity contribution < 1.29 is 4.79 Å². The first-order chi connectivity index (χ1) is 17.1. The molecule has 174 valence electrons. The Bertz CT molecular complexity index is 1460. The monoisotopic (exact) mass is 462 g/mol. The molecule has 0 saturated carbocycles. The van der Waals surface area contributed by atoms with Crippen molar-refractivity contribution in [2.45, 2.75) is 19.5 Å². The normalized spacial score (nSPS) is 11.8. The molecule has 2 aromatic heterocycles. The third kappa shape index (κ3) is 4.89. The van der Waals surface area contributed by atoms with Crippen LogP contribution in [0.5, 0.6) is 0 Å². The van der Waals surface area contributed by atoms with E-state index in [9.17, 15) is 4.79 Å². The maximum atomic E-state index is 13.0. The van der Waals surface area contributed by atoms with Crippen molar-refractivity contribution >= 4 is 22.9 Å². The minimum Gasteiger partial charge on any atom is -0.348 e. The Morgan fingerprint density at radius 3 is 2.63 bits per heavy atom. The largest absolute Gasteiger partial charge is 0.348 e. The summed E-state index contributed by atoms with van der Waals surface area (Å²) in [5.74, 6) is 1.22. The van der Waals surface area contributed by atoms with E-state index in [1.807, 2.05) is 103 Å². The van der Waals surface area contributed by atoms with Gasteiger partial charge in [0.25, 0.3) is 5.91 Å². The van der Waals surface area contributed by atoms with Crippen LogP contribution in [0.2, 0.25) is 0 Å². The molecule has 1 N–H and O–H groups in total. The number of rotatable bonds is 7. The quantitative estimate of drug-likeness (QED) is 0.357. The van der Waals surface area contributed by atoms with Gasteiger partial charge in [0.2, 0.25) is 5.95 Å². The molecule has 7 heteroatoms. The molecule has 35 heavy (non-hydrogen) atoms. The number of benzene rings is 3. The summed E-state index contributed by atoms with van der Waals surface area (Å²) in [7, 11) is 1.82. The van der Waals surface area contributed by atoms with Gasteiger partial charge >= 0.3 is 0 Å². The highest BCUT2D eigenvalue weighted by Gasteiger charge is 2.15. The third-order valence-electron chi connectivity index (χ3n) is 5.93. The van der Waals surface area contributed by atoms with Crippen LogP contribution >= 0.6 is 0 Å². The Hall–Kier alpha value is -4.52. The molecule has 5 rings (SSSR count).